The zero-order valence-electron chi connectivity index (χ0n) is 12.3. The molecule has 5 nitrogen and oxygen atoms in total. The van der Waals surface area contributed by atoms with Crippen molar-refractivity contribution >= 4 is 10.0 Å². The smallest absolute Gasteiger partial charge is 0.242 e. The molecule has 1 unspecified atom stereocenters. The average molecular weight is 316 g/mol. The number of likely N-dealkylation sites (N-methyl/N-ethyl adjacent to an activating group) is 1. The van der Waals surface area contributed by atoms with Crippen molar-refractivity contribution in [3.63, 3.8) is 0 Å². The van der Waals surface area contributed by atoms with Gasteiger partial charge in [-0.15, -0.1) is 0 Å². The van der Waals surface area contributed by atoms with Crippen LogP contribution in [-0.4, -0.2) is 46.1 Å². The minimum Gasteiger partial charge on any atom is -0.377 e. The van der Waals surface area contributed by atoms with Crippen LogP contribution in [0, 0.1) is 5.82 Å². The maximum atomic E-state index is 13.6. The van der Waals surface area contributed by atoms with E-state index in [9.17, 15) is 12.8 Å². The number of hydrogen-bond donors (Lipinski definition) is 1. The number of ether oxygens (including phenoxy) is 1. The third kappa shape index (κ3) is 3.79. The van der Waals surface area contributed by atoms with E-state index in [1.807, 2.05) is 0 Å². The molecule has 1 aromatic rings. The summed E-state index contributed by atoms with van der Waals surface area (Å²) in [6.45, 7) is 1.28. The summed E-state index contributed by atoms with van der Waals surface area (Å²) in [5.74, 6) is -0.412. The lowest BCUT2D eigenvalue weighted by Gasteiger charge is -2.21. The number of rotatable bonds is 6. The van der Waals surface area contributed by atoms with E-state index in [0.29, 0.717) is 18.7 Å². The Morgan fingerprint density at radius 1 is 1.48 bits per heavy atom. The fraction of sp³-hybridized carbons (Fsp3) is 0.571. The fourth-order valence-electron chi connectivity index (χ4n) is 2.39. The summed E-state index contributed by atoms with van der Waals surface area (Å²) in [5.41, 5.74) is 0.337. The van der Waals surface area contributed by atoms with E-state index in [4.69, 9.17) is 4.74 Å². The van der Waals surface area contributed by atoms with Crippen LogP contribution in [0.25, 0.3) is 0 Å². The second-order valence-corrected chi connectivity index (χ2v) is 7.25. The standard InChI is InChI=1S/C14H21FN2O3S/c1-16-9-11-8-13(5-6-14(11)15)21(18,19)17(2)10-12-4-3-7-20-12/h5-6,8,12,16H,3-4,7,9-10H2,1-2H3. The minimum atomic E-state index is -3.63. The Hall–Kier alpha value is -1.02. The van der Waals surface area contributed by atoms with Crippen molar-refractivity contribution in [3.8, 4) is 0 Å². The largest absolute Gasteiger partial charge is 0.377 e. The first-order valence-electron chi connectivity index (χ1n) is 6.96. The van der Waals surface area contributed by atoms with Crippen molar-refractivity contribution in [2.24, 2.45) is 0 Å². The molecule has 0 radical (unpaired) electrons. The Labute approximate surface area is 125 Å². The molecule has 1 N–H and O–H groups in total. The van der Waals surface area contributed by atoms with Crippen LogP contribution in [0.1, 0.15) is 18.4 Å². The molecule has 0 spiro atoms. The zero-order chi connectivity index (χ0) is 15.5. The quantitative estimate of drug-likeness (QED) is 0.860. The number of halogens is 1. The molecule has 0 amide bonds. The molecular weight excluding hydrogens is 295 g/mol. The van der Waals surface area contributed by atoms with E-state index in [2.05, 4.69) is 5.32 Å². The number of hydrogen-bond acceptors (Lipinski definition) is 4. The average Bonchev–Trinajstić information content (AvgIpc) is 2.94. The lowest BCUT2D eigenvalue weighted by Crippen LogP contribution is -2.34. The van der Waals surface area contributed by atoms with Gasteiger partial charge in [-0.3, -0.25) is 0 Å². The number of benzene rings is 1. The Balaban J connectivity index is 2.19. The van der Waals surface area contributed by atoms with Gasteiger partial charge in [-0.1, -0.05) is 0 Å². The van der Waals surface area contributed by atoms with Gasteiger partial charge in [-0.25, -0.2) is 12.8 Å². The first-order valence-corrected chi connectivity index (χ1v) is 8.40. The van der Waals surface area contributed by atoms with Crippen LogP contribution in [0.4, 0.5) is 4.39 Å². The molecule has 0 saturated carbocycles. The summed E-state index contributed by atoms with van der Waals surface area (Å²) in [5, 5.41) is 2.82. The van der Waals surface area contributed by atoms with Gasteiger partial charge in [0, 0.05) is 32.3 Å². The number of nitrogens with one attached hydrogen (secondary N) is 1. The third-order valence-corrected chi connectivity index (χ3v) is 5.40. The molecule has 118 valence electrons. The van der Waals surface area contributed by atoms with Crippen molar-refractivity contribution in [1.82, 2.24) is 9.62 Å². The van der Waals surface area contributed by atoms with Gasteiger partial charge in [-0.05, 0) is 38.1 Å². The Kier molecular flexibility index (Phi) is 5.32. The molecule has 0 aromatic heterocycles. The van der Waals surface area contributed by atoms with Gasteiger partial charge in [0.05, 0.1) is 11.0 Å². The lowest BCUT2D eigenvalue weighted by molar-refractivity contribution is 0.0979. The zero-order valence-corrected chi connectivity index (χ0v) is 13.1. The molecular formula is C14H21FN2O3S. The van der Waals surface area contributed by atoms with Crippen molar-refractivity contribution < 1.29 is 17.5 Å². The highest BCUT2D eigenvalue weighted by molar-refractivity contribution is 7.89. The maximum Gasteiger partial charge on any atom is 0.242 e. The normalized spacial score (nSPS) is 19.3. The van der Waals surface area contributed by atoms with Gasteiger partial charge >= 0.3 is 0 Å². The van der Waals surface area contributed by atoms with Crippen LogP contribution in [0.3, 0.4) is 0 Å². The fourth-order valence-corrected chi connectivity index (χ4v) is 3.64. The minimum absolute atomic E-state index is 0.0537. The Bertz CT molecular complexity index is 586. The van der Waals surface area contributed by atoms with Gasteiger partial charge in [0.15, 0.2) is 0 Å². The summed E-state index contributed by atoms with van der Waals surface area (Å²) in [4.78, 5) is 0.106. The van der Waals surface area contributed by atoms with Crippen LogP contribution in [-0.2, 0) is 21.3 Å². The Morgan fingerprint density at radius 2 is 2.24 bits per heavy atom. The molecule has 1 heterocycles. The second kappa shape index (κ2) is 6.83. The van der Waals surface area contributed by atoms with Crippen molar-refractivity contribution in [2.45, 2.75) is 30.4 Å². The predicted molar refractivity (Wildman–Crippen MR) is 78.0 cm³/mol. The highest BCUT2D eigenvalue weighted by Gasteiger charge is 2.26. The molecule has 1 saturated heterocycles. The van der Waals surface area contributed by atoms with E-state index >= 15 is 0 Å². The molecule has 21 heavy (non-hydrogen) atoms. The molecule has 1 aromatic carbocycles. The van der Waals surface area contributed by atoms with Crippen LogP contribution >= 0.6 is 0 Å². The van der Waals surface area contributed by atoms with Crippen molar-refractivity contribution in [1.29, 1.82) is 0 Å². The van der Waals surface area contributed by atoms with Gasteiger partial charge in [-0.2, -0.15) is 4.31 Å². The maximum absolute atomic E-state index is 13.6. The molecule has 0 aliphatic carbocycles. The summed E-state index contributed by atoms with van der Waals surface area (Å²) in [7, 11) is -0.415. The topological polar surface area (TPSA) is 58.6 Å². The molecule has 0 bridgehead atoms. The first kappa shape index (κ1) is 16.4. The summed E-state index contributed by atoms with van der Waals surface area (Å²) < 4.78 is 45.4. The number of sulfonamides is 1. The van der Waals surface area contributed by atoms with Gasteiger partial charge in [0.25, 0.3) is 0 Å². The third-order valence-electron chi connectivity index (χ3n) is 3.58. The van der Waals surface area contributed by atoms with Gasteiger partial charge in [0.1, 0.15) is 5.82 Å². The summed E-state index contributed by atoms with van der Waals surface area (Å²) in [6.07, 6.45) is 1.78. The molecule has 1 aliphatic heterocycles. The van der Waals surface area contributed by atoms with Crippen LogP contribution in [0.2, 0.25) is 0 Å². The molecule has 2 rings (SSSR count). The highest BCUT2D eigenvalue weighted by atomic mass is 32.2. The monoisotopic (exact) mass is 316 g/mol. The molecule has 7 heteroatoms. The van der Waals surface area contributed by atoms with Gasteiger partial charge in [0.2, 0.25) is 10.0 Å². The van der Waals surface area contributed by atoms with E-state index in [0.717, 1.165) is 12.8 Å². The van der Waals surface area contributed by atoms with E-state index < -0.39 is 15.8 Å². The van der Waals surface area contributed by atoms with Crippen LogP contribution in [0.5, 0.6) is 0 Å². The van der Waals surface area contributed by atoms with E-state index in [1.54, 1.807) is 7.05 Å². The SMILES string of the molecule is CNCc1cc(S(=O)(=O)N(C)CC2CCCO2)ccc1F. The van der Waals surface area contributed by atoms with E-state index in [-0.39, 0.29) is 17.5 Å². The summed E-state index contributed by atoms with van der Waals surface area (Å²) in [6, 6.07) is 3.88. The van der Waals surface area contributed by atoms with Crippen LogP contribution < -0.4 is 5.32 Å². The Morgan fingerprint density at radius 3 is 2.86 bits per heavy atom. The van der Waals surface area contributed by atoms with Gasteiger partial charge < -0.3 is 10.1 Å². The first-order chi connectivity index (χ1) is 9.95. The highest BCUT2D eigenvalue weighted by Crippen LogP contribution is 2.21. The number of nitrogens with zero attached hydrogens (tertiary/aromatic N) is 1. The van der Waals surface area contributed by atoms with Crippen LogP contribution in [0.15, 0.2) is 23.1 Å². The lowest BCUT2D eigenvalue weighted by atomic mass is 10.2. The summed E-state index contributed by atoms with van der Waals surface area (Å²) >= 11 is 0. The molecule has 1 aliphatic rings. The molecule has 1 fully saturated rings. The van der Waals surface area contributed by atoms with Crippen molar-refractivity contribution in [2.75, 3.05) is 27.2 Å². The van der Waals surface area contributed by atoms with E-state index in [1.165, 1.54) is 29.6 Å². The van der Waals surface area contributed by atoms with Crippen molar-refractivity contribution in [3.05, 3.63) is 29.6 Å². The predicted octanol–water partition coefficient (Wildman–Crippen LogP) is 1.34. The molecule has 1 atom stereocenters. The second-order valence-electron chi connectivity index (χ2n) is 5.20.